The molecule has 3 rings (SSSR count). The fourth-order valence-electron chi connectivity index (χ4n) is 9.07. The molecule has 3 heterocycles. The Hall–Kier alpha value is -1.99. The number of aliphatic hydroxyl groups is 11. The van der Waals surface area contributed by atoms with Crippen molar-refractivity contribution >= 4 is 5.91 Å². The van der Waals surface area contributed by atoms with Crippen molar-refractivity contribution in [1.82, 2.24) is 5.32 Å². The Morgan fingerprint density at radius 3 is 1.43 bits per heavy atom. The molecular formula is C53H95NO18. The lowest BCUT2D eigenvalue weighted by Gasteiger charge is -2.48. The fourth-order valence-corrected chi connectivity index (χ4v) is 9.07. The number of unbranched alkanes of at least 4 members (excludes halogenated alkanes) is 18. The summed E-state index contributed by atoms with van der Waals surface area (Å²) in [6, 6.07) is -0.990. The number of hydrogen-bond acceptors (Lipinski definition) is 18. The van der Waals surface area contributed by atoms with E-state index in [1.54, 1.807) is 6.08 Å². The Morgan fingerprint density at radius 1 is 0.486 bits per heavy atom. The minimum absolute atomic E-state index is 0.224. The minimum atomic E-state index is -1.98. The first kappa shape index (κ1) is 64.3. The van der Waals surface area contributed by atoms with Gasteiger partial charge >= 0.3 is 0 Å². The van der Waals surface area contributed by atoms with Gasteiger partial charge in [-0.1, -0.05) is 140 Å². The summed E-state index contributed by atoms with van der Waals surface area (Å²) in [5.41, 5.74) is 0. The van der Waals surface area contributed by atoms with Gasteiger partial charge in [0, 0.05) is 6.42 Å². The summed E-state index contributed by atoms with van der Waals surface area (Å²) in [5, 5.41) is 120. The van der Waals surface area contributed by atoms with Crippen LogP contribution in [0.3, 0.4) is 0 Å². The second-order valence-electron chi connectivity index (χ2n) is 19.7. The molecule has 0 spiro atoms. The highest BCUT2D eigenvalue weighted by molar-refractivity contribution is 5.76. The van der Waals surface area contributed by atoms with Crippen LogP contribution in [0.25, 0.3) is 0 Å². The molecule has 3 fully saturated rings. The molecule has 17 atom stereocenters. The lowest BCUT2D eigenvalue weighted by atomic mass is 9.96. The number of amides is 1. The molecule has 3 saturated heterocycles. The number of allylic oxidation sites excluding steroid dienone is 5. The van der Waals surface area contributed by atoms with Crippen LogP contribution in [0.5, 0.6) is 0 Å². The average molecular weight is 1030 g/mol. The smallest absolute Gasteiger partial charge is 0.220 e. The van der Waals surface area contributed by atoms with Gasteiger partial charge in [-0.3, -0.25) is 4.79 Å². The summed E-state index contributed by atoms with van der Waals surface area (Å²) in [7, 11) is 0. The van der Waals surface area contributed by atoms with Crippen molar-refractivity contribution in [2.75, 3.05) is 26.4 Å². The zero-order chi connectivity index (χ0) is 52.7. The van der Waals surface area contributed by atoms with E-state index < -0.39 is 124 Å². The number of hydrogen-bond donors (Lipinski definition) is 12. The average Bonchev–Trinajstić information content (AvgIpc) is 3.37. The summed E-state index contributed by atoms with van der Waals surface area (Å²) in [6.07, 6.45) is 10.1. The van der Waals surface area contributed by atoms with Gasteiger partial charge in [0.25, 0.3) is 0 Å². The van der Waals surface area contributed by atoms with E-state index in [1.807, 2.05) is 6.08 Å². The molecule has 72 heavy (non-hydrogen) atoms. The zero-order valence-electron chi connectivity index (χ0n) is 43.1. The first-order chi connectivity index (χ1) is 34.8. The van der Waals surface area contributed by atoms with Gasteiger partial charge < -0.3 is 89.9 Å². The van der Waals surface area contributed by atoms with E-state index in [2.05, 4.69) is 43.5 Å². The standard InChI is InChI=1S/C53H95NO18/c1-3-5-7-9-11-13-15-16-17-18-19-21-22-24-26-28-30-37(58)36(54-41(59)31-29-27-25-23-20-14-12-10-8-6-4-2)35-67-51-47(65)44(62)49(39(33-56)69-51)72-53-48(66)45(63)50(40(34-57)70-53)71-52-46(64)43(61)42(60)38(32-55)68-52/h10,12,21-22,28,30,36-40,42-53,55-58,60-66H,3-9,11,13-20,23-27,29,31-35H2,1-2H3,(H,54,59)/b12-10-,22-21+,30-28+. The molecule has 0 aliphatic carbocycles. The van der Waals surface area contributed by atoms with E-state index in [-0.39, 0.29) is 18.9 Å². The number of ether oxygens (including phenoxy) is 6. The van der Waals surface area contributed by atoms with Crippen LogP contribution < -0.4 is 5.32 Å². The highest BCUT2D eigenvalue weighted by Gasteiger charge is 2.53. The van der Waals surface area contributed by atoms with Crippen molar-refractivity contribution in [2.45, 2.75) is 266 Å². The van der Waals surface area contributed by atoms with E-state index in [4.69, 9.17) is 28.4 Å². The molecule has 17 unspecified atom stereocenters. The van der Waals surface area contributed by atoms with Crippen LogP contribution in [-0.4, -0.2) is 193 Å². The fraction of sp³-hybridized carbons (Fsp3) is 0.868. The van der Waals surface area contributed by atoms with Crippen LogP contribution in [0.15, 0.2) is 36.5 Å². The van der Waals surface area contributed by atoms with Crippen LogP contribution in [0.2, 0.25) is 0 Å². The van der Waals surface area contributed by atoms with E-state index in [9.17, 15) is 61.0 Å². The van der Waals surface area contributed by atoms with E-state index in [0.29, 0.717) is 12.8 Å². The van der Waals surface area contributed by atoms with Crippen molar-refractivity contribution in [3.8, 4) is 0 Å². The first-order valence-corrected chi connectivity index (χ1v) is 27.2. The molecule has 3 aliphatic rings. The summed E-state index contributed by atoms with van der Waals surface area (Å²) in [4.78, 5) is 13.2. The van der Waals surface area contributed by atoms with Crippen molar-refractivity contribution in [3.63, 3.8) is 0 Å². The monoisotopic (exact) mass is 1030 g/mol. The molecule has 0 saturated carbocycles. The van der Waals surface area contributed by atoms with Gasteiger partial charge in [0.15, 0.2) is 18.9 Å². The third kappa shape index (κ3) is 22.7. The summed E-state index contributed by atoms with van der Waals surface area (Å²) in [6.45, 7) is 1.62. The predicted octanol–water partition coefficient (Wildman–Crippen LogP) is 2.98. The maximum absolute atomic E-state index is 13.2. The Bertz CT molecular complexity index is 1470. The normalized spacial score (nSPS) is 32.3. The van der Waals surface area contributed by atoms with Crippen LogP contribution in [0.4, 0.5) is 0 Å². The molecule has 0 aromatic heterocycles. The van der Waals surface area contributed by atoms with Crippen molar-refractivity contribution in [1.29, 1.82) is 0 Å². The van der Waals surface area contributed by atoms with Gasteiger partial charge in [0.05, 0.1) is 38.6 Å². The molecule has 12 N–H and O–H groups in total. The van der Waals surface area contributed by atoms with Gasteiger partial charge in [0.2, 0.25) is 5.91 Å². The van der Waals surface area contributed by atoms with E-state index in [0.717, 1.165) is 57.8 Å². The van der Waals surface area contributed by atoms with Crippen molar-refractivity contribution in [2.24, 2.45) is 0 Å². The Labute approximate surface area is 428 Å². The number of rotatable bonds is 38. The number of carbonyl (C=O) groups is 1. The maximum Gasteiger partial charge on any atom is 0.220 e. The summed E-state index contributed by atoms with van der Waals surface area (Å²) < 4.78 is 34.1. The predicted molar refractivity (Wildman–Crippen MR) is 268 cm³/mol. The SMILES string of the molecule is CCCC/C=C\CCCCCCCC(=O)NC(COC1OC(CO)C(OC2OC(CO)C(OC3OC(CO)C(O)C(O)C3O)C(O)C2O)C(O)C1O)C(O)/C=C/CC/C=C/CCCCCCCCCCCC. The van der Waals surface area contributed by atoms with Crippen LogP contribution in [0, 0.1) is 0 Å². The van der Waals surface area contributed by atoms with Crippen LogP contribution >= 0.6 is 0 Å². The Balaban J connectivity index is 1.56. The lowest BCUT2D eigenvalue weighted by Crippen LogP contribution is -2.66. The molecule has 0 aromatic rings. The number of aliphatic hydroxyl groups excluding tert-OH is 11. The molecule has 0 radical (unpaired) electrons. The van der Waals surface area contributed by atoms with Gasteiger partial charge in [-0.05, 0) is 51.4 Å². The molecule has 0 aromatic carbocycles. The number of nitrogens with one attached hydrogen (secondary N) is 1. The summed E-state index contributed by atoms with van der Waals surface area (Å²) >= 11 is 0. The van der Waals surface area contributed by atoms with Crippen molar-refractivity contribution < 1.29 is 89.4 Å². The van der Waals surface area contributed by atoms with E-state index in [1.165, 1.54) is 70.6 Å². The van der Waals surface area contributed by atoms with Gasteiger partial charge in [-0.25, -0.2) is 0 Å². The van der Waals surface area contributed by atoms with E-state index >= 15 is 0 Å². The largest absolute Gasteiger partial charge is 0.394 e. The molecule has 3 aliphatic heterocycles. The second-order valence-corrected chi connectivity index (χ2v) is 19.7. The molecule has 1 amide bonds. The summed E-state index contributed by atoms with van der Waals surface area (Å²) in [5.74, 6) is -0.299. The molecule has 420 valence electrons. The van der Waals surface area contributed by atoms with Gasteiger partial charge in [-0.15, -0.1) is 0 Å². The Morgan fingerprint density at radius 2 is 0.903 bits per heavy atom. The first-order valence-electron chi connectivity index (χ1n) is 27.2. The van der Waals surface area contributed by atoms with Crippen molar-refractivity contribution in [3.05, 3.63) is 36.5 Å². The third-order valence-corrected chi connectivity index (χ3v) is 13.7. The molecular weight excluding hydrogens is 939 g/mol. The highest BCUT2D eigenvalue weighted by Crippen LogP contribution is 2.33. The lowest BCUT2D eigenvalue weighted by molar-refractivity contribution is -0.379. The number of carbonyl (C=O) groups excluding carboxylic acids is 1. The van der Waals surface area contributed by atoms with Crippen LogP contribution in [0.1, 0.15) is 162 Å². The maximum atomic E-state index is 13.2. The molecule has 19 heteroatoms. The minimum Gasteiger partial charge on any atom is -0.394 e. The topological polar surface area (TPSA) is 307 Å². The third-order valence-electron chi connectivity index (χ3n) is 13.7. The van der Waals surface area contributed by atoms with Gasteiger partial charge in [0.1, 0.15) is 73.2 Å². The highest BCUT2D eigenvalue weighted by atomic mass is 16.8. The quantitative estimate of drug-likeness (QED) is 0.0313. The van der Waals surface area contributed by atoms with Crippen LogP contribution in [-0.2, 0) is 33.2 Å². The second kappa shape index (κ2) is 37.7. The molecule has 0 bridgehead atoms. The molecule has 19 nitrogen and oxygen atoms in total. The zero-order valence-corrected chi connectivity index (χ0v) is 43.1. The van der Waals surface area contributed by atoms with Gasteiger partial charge in [-0.2, -0.15) is 0 Å². The Kier molecular flexibility index (Phi) is 33.7.